The molecule has 2 aromatic heterocycles. The molecular weight excluding hydrogens is 250 g/mol. The lowest BCUT2D eigenvalue weighted by Crippen LogP contribution is -2.22. The molecule has 1 aliphatic rings. The summed E-state index contributed by atoms with van der Waals surface area (Å²) in [7, 11) is 0. The summed E-state index contributed by atoms with van der Waals surface area (Å²) in [5.74, 6) is 1.31. The van der Waals surface area contributed by atoms with Gasteiger partial charge in [0.15, 0.2) is 0 Å². The molecule has 20 heavy (non-hydrogen) atoms. The van der Waals surface area contributed by atoms with Crippen molar-refractivity contribution in [3.63, 3.8) is 0 Å². The highest BCUT2D eigenvalue weighted by Crippen LogP contribution is 2.38. The number of aryl methyl sites for hydroxylation is 1. The molecule has 5 nitrogen and oxygen atoms in total. The summed E-state index contributed by atoms with van der Waals surface area (Å²) >= 11 is 0. The van der Waals surface area contributed by atoms with E-state index in [-0.39, 0.29) is 0 Å². The molecule has 5 heteroatoms. The maximum Gasteiger partial charge on any atom is 0.250 e. The summed E-state index contributed by atoms with van der Waals surface area (Å²) in [6.45, 7) is 7.09. The molecule has 0 unspecified atom stereocenters. The fraction of sp³-hybridized carbons (Fsp3) is 0.533. The van der Waals surface area contributed by atoms with E-state index in [1.165, 1.54) is 12.8 Å². The Morgan fingerprint density at radius 3 is 2.85 bits per heavy atom. The van der Waals surface area contributed by atoms with E-state index < -0.39 is 0 Å². The van der Waals surface area contributed by atoms with Crippen molar-refractivity contribution in [2.45, 2.75) is 52.1 Å². The van der Waals surface area contributed by atoms with Gasteiger partial charge in [-0.1, -0.05) is 13.8 Å². The average molecular weight is 271 g/mol. The monoisotopic (exact) mass is 271 g/mol. The highest BCUT2D eigenvalue weighted by molar-refractivity contribution is 5.23. The Balaban J connectivity index is 1.78. The van der Waals surface area contributed by atoms with Crippen LogP contribution < -0.4 is 5.32 Å². The van der Waals surface area contributed by atoms with Crippen molar-refractivity contribution >= 4 is 0 Å². The number of hydrogen-bond donors (Lipinski definition) is 1. The minimum absolute atomic E-state index is 0.460. The molecule has 1 fully saturated rings. The van der Waals surface area contributed by atoms with E-state index in [9.17, 15) is 0 Å². The van der Waals surface area contributed by atoms with Crippen molar-refractivity contribution in [1.82, 2.24) is 25.1 Å². The van der Waals surface area contributed by atoms with Crippen LogP contribution in [-0.2, 0) is 6.54 Å². The van der Waals surface area contributed by atoms with Gasteiger partial charge < -0.3 is 5.32 Å². The molecule has 0 aromatic carbocycles. The standard InChI is InChI=1S/C15H21N5/c1-10(2)16-8-13-9-17-15(18-11(13)3)20-7-6-14(19-20)12-4-5-12/h6-7,9-10,12,16H,4-5,8H2,1-3H3. The predicted octanol–water partition coefficient (Wildman–Crippen LogP) is 2.35. The van der Waals surface area contributed by atoms with Gasteiger partial charge in [-0.15, -0.1) is 0 Å². The number of hydrogen-bond acceptors (Lipinski definition) is 4. The molecule has 2 heterocycles. The zero-order chi connectivity index (χ0) is 14.1. The zero-order valence-corrected chi connectivity index (χ0v) is 12.3. The van der Waals surface area contributed by atoms with Crippen LogP contribution in [0.5, 0.6) is 0 Å². The van der Waals surface area contributed by atoms with E-state index in [1.807, 2.05) is 19.3 Å². The molecule has 2 aromatic rings. The average Bonchev–Trinajstić information content (AvgIpc) is 3.15. The fourth-order valence-electron chi connectivity index (χ4n) is 2.12. The van der Waals surface area contributed by atoms with E-state index in [1.54, 1.807) is 4.68 Å². The molecule has 106 valence electrons. The lowest BCUT2D eigenvalue weighted by molar-refractivity contribution is 0.584. The van der Waals surface area contributed by atoms with Crippen LogP contribution in [-0.4, -0.2) is 25.8 Å². The van der Waals surface area contributed by atoms with Crippen LogP contribution in [0.4, 0.5) is 0 Å². The summed E-state index contributed by atoms with van der Waals surface area (Å²) in [4.78, 5) is 8.99. The minimum atomic E-state index is 0.460. The third-order valence-corrected chi connectivity index (χ3v) is 3.58. The molecular formula is C15H21N5. The van der Waals surface area contributed by atoms with Gasteiger partial charge in [-0.3, -0.25) is 0 Å². The van der Waals surface area contributed by atoms with Crippen LogP contribution in [0.15, 0.2) is 18.5 Å². The van der Waals surface area contributed by atoms with Crippen LogP contribution >= 0.6 is 0 Å². The van der Waals surface area contributed by atoms with Crippen LogP contribution in [0.3, 0.4) is 0 Å². The van der Waals surface area contributed by atoms with Gasteiger partial charge in [0.25, 0.3) is 5.95 Å². The Kier molecular flexibility index (Phi) is 3.53. The van der Waals surface area contributed by atoms with Gasteiger partial charge >= 0.3 is 0 Å². The van der Waals surface area contributed by atoms with Crippen molar-refractivity contribution in [1.29, 1.82) is 0 Å². The number of rotatable bonds is 5. The maximum absolute atomic E-state index is 4.56. The van der Waals surface area contributed by atoms with Gasteiger partial charge in [0.1, 0.15) is 0 Å². The van der Waals surface area contributed by atoms with Crippen LogP contribution in [0.1, 0.15) is 49.6 Å². The Bertz CT molecular complexity index is 598. The van der Waals surface area contributed by atoms with Gasteiger partial charge in [-0.2, -0.15) is 5.10 Å². The van der Waals surface area contributed by atoms with Gasteiger partial charge in [-0.05, 0) is 25.8 Å². The second-order valence-electron chi connectivity index (χ2n) is 5.78. The van der Waals surface area contributed by atoms with Crippen molar-refractivity contribution in [2.75, 3.05) is 0 Å². The van der Waals surface area contributed by atoms with Gasteiger partial charge in [0.2, 0.25) is 0 Å². The zero-order valence-electron chi connectivity index (χ0n) is 12.3. The Hall–Kier alpha value is -1.75. The lowest BCUT2D eigenvalue weighted by Gasteiger charge is -2.10. The Labute approximate surface area is 119 Å². The Morgan fingerprint density at radius 1 is 1.40 bits per heavy atom. The summed E-state index contributed by atoms with van der Waals surface area (Å²) in [5, 5.41) is 7.95. The first-order valence-corrected chi connectivity index (χ1v) is 7.25. The normalized spacial score (nSPS) is 15.0. The largest absolute Gasteiger partial charge is 0.310 e. The minimum Gasteiger partial charge on any atom is -0.310 e. The summed E-state index contributed by atoms with van der Waals surface area (Å²) < 4.78 is 1.78. The molecule has 1 saturated carbocycles. The van der Waals surface area contributed by atoms with Crippen molar-refractivity contribution in [2.24, 2.45) is 0 Å². The number of aromatic nitrogens is 4. The molecule has 1 aliphatic carbocycles. The first-order valence-electron chi connectivity index (χ1n) is 7.25. The van der Waals surface area contributed by atoms with Gasteiger partial charge in [0.05, 0.1) is 5.69 Å². The first kappa shape index (κ1) is 13.2. The summed E-state index contributed by atoms with van der Waals surface area (Å²) in [6.07, 6.45) is 6.37. The number of nitrogens with zero attached hydrogens (tertiary/aromatic N) is 4. The summed E-state index contributed by atoms with van der Waals surface area (Å²) in [5.41, 5.74) is 3.31. The van der Waals surface area contributed by atoms with Crippen LogP contribution in [0, 0.1) is 6.92 Å². The maximum atomic E-state index is 4.56. The predicted molar refractivity (Wildman–Crippen MR) is 77.8 cm³/mol. The van der Waals surface area contributed by atoms with Crippen molar-refractivity contribution in [3.8, 4) is 5.95 Å². The molecule has 0 spiro atoms. The molecule has 0 radical (unpaired) electrons. The molecule has 1 N–H and O–H groups in total. The molecule has 0 saturated heterocycles. The summed E-state index contributed by atoms with van der Waals surface area (Å²) in [6, 6.07) is 2.53. The smallest absolute Gasteiger partial charge is 0.250 e. The molecule has 3 rings (SSSR count). The van der Waals surface area contributed by atoms with Crippen molar-refractivity contribution < 1.29 is 0 Å². The lowest BCUT2D eigenvalue weighted by atomic mass is 10.2. The van der Waals surface area contributed by atoms with E-state index in [4.69, 9.17) is 0 Å². The Morgan fingerprint density at radius 2 is 2.20 bits per heavy atom. The highest BCUT2D eigenvalue weighted by Gasteiger charge is 2.26. The van der Waals surface area contributed by atoms with E-state index >= 15 is 0 Å². The third kappa shape index (κ3) is 2.88. The van der Waals surface area contributed by atoms with Gasteiger partial charge in [-0.25, -0.2) is 14.6 Å². The van der Waals surface area contributed by atoms with E-state index in [2.05, 4.69) is 40.3 Å². The van der Waals surface area contributed by atoms with Gasteiger partial charge in [0, 0.05) is 42.2 Å². The molecule has 0 amide bonds. The topological polar surface area (TPSA) is 55.6 Å². The highest BCUT2D eigenvalue weighted by atomic mass is 15.3. The van der Waals surface area contributed by atoms with Crippen LogP contribution in [0.25, 0.3) is 5.95 Å². The van der Waals surface area contributed by atoms with E-state index in [0.29, 0.717) is 17.9 Å². The second-order valence-corrected chi connectivity index (χ2v) is 5.78. The van der Waals surface area contributed by atoms with Crippen molar-refractivity contribution in [3.05, 3.63) is 35.4 Å². The quantitative estimate of drug-likeness (QED) is 0.907. The molecule has 0 bridgehead atoms. The molecule has 0 atom stereocenters. The van der Waals surface area contributed by atoms with Crippen LogP contribution in [0.2, 0.25) is 0 Å². The molecule has 0 aliphatic heterocycles. The fourth-order valence-corrected chi connectivity index (χ4v) is 2.12. The third-order valence-electron chi connectivity index (χ3n) is 3.58. The number of nitrogens with one attached hydrogen (secondary N) is 1. The first-order chi connectivity index (χ1) is 9.63. The second kappa shape index (κ2) is 5.32. The van der Waals surface area contributed by atoms with E-state index in [0.717, 1.165) is 23.5 Å². The SMILES string of the molecule is Cc1nc(-n2ccc(C3CC3)n2)ncc1CNC(C)C.